The van der Waals surface area contributed by atoms with Gasteiger partial charge in [0.15, 0.2) is 0 Å². The number of likely N-dealkylation sites (tertiary alicyclic amines) is 1. The summed E-state index contributed by atoms with van der Waals surface area (Å²) in [5, 5.41) is 15.6. The molecule has 0 aliphatic carbocycles. The van der Waals surface area contributed by atoms with Crippen LogP contribution >= 0.6 is 0 Å². The van der Waals surface area contributed by atoms with Gasteiger partial charge in [0.05, 0.1) is 12.2 Å². The highest BCUT2D eigenvalue weighted by atomic mass is 19.4. The van der Waals surface area contributed by atoms with Crippen molar-refractivity contribution < 1.29 is 37.7 Å². The molecule has 1 fully saturated rings. The Morgan fingerprint density at radius 2 is 1.52 bits per heavy atom. The monoisotopic (exact) mass is 465 g/mol. The van der Waals surface area contributed by atoms with Crippen molar-refractivity contribution in [2.75, 3.05) is 26.2 Å². The average molecular weight is 465 g/mol. The summed E-state index contributed by atoms with van der Waals surface area (Å²) in [4.78, 5) is 21.4. The molecular weight excluding hydrogens is 439 g/mol. The minimum Gasteiger partial charge on any atom is -0.478 e. The topological polar surface area (TPSA) is 87.1 Å². The van der Waals surface area contributed by atoms with Gasteiger partial charge in [-0.3, -0.25) is 0 Å². The molecule has 0 bridgehead atoms. The van der Waals surface area contributed by atoms with Gasteiger partial charge in [-0.15, -0.1) is 0 Å². The summed E-state index contributed by atoms with van der Waals surface area (Å²) in [5.74, 6) is -2.51. The zero-order valence-corrected chi connectivity index (χ0v) is 17.9. The van der Waals surface area contributed by atoms with E-state index >= 15 is 0 Å². The molecule has 2 aromatic carbocycles. The predicted octanol–water partition coefficient (Wildman–Crippen LogP) is 4.62. The van der Waals surface area contributed by atoms with E-state index in [1.165, 1.54) is 25.0 Å². The first kappa shape index (κ1) is 26.1. The third kappa shape index (κ3) is 9.46. The molecule has 33 heavy (non-hydrogen) atoms. The SMILES string of the molecule is FC(F)(F)c1cccc(C(OCCN2CCCC2)c2ccccc2)c1.O=C(O)/C=C/C(=O)O. The third-order valence-corrected chi connectivity index (χ3v) is 4.88. The molecule has 0 aromatic heterocycles. The van der Waals surface area contributed by atoms with Crippen molar-refractivity contribution in [1.82, 2.24) is 4.90 Å². The standard InChI is InChI=1S/C20H22F3NO.C4H4O4/c21-20(22,23)18-10-6-9-17(15-18)19(16-7-2-1-3-8-16)25-14-13-24-11-4-5-12-24;5-3(6)1-2-4(7)8/h1-3,6-10,15,19H,4-5,11-14H2;1-2H,(H,5,6)(H,7,8)/b;2-1+. The van der Waals surface area contributed by atoms with E-state index in [-0.39, 0.29) is 0 Å². The number of carbonyl (C=O) groups is 2. The van der Waals surface area contributed by atoms with Crippen LogP contribution in [-0.2, 0) is 20.5 Å². The van der Waals surface area contributed by atoms with Crippen LogP contribution in [0.5, 0.6) is 0 Å². The number of carboxylic acids is 2. The van der Waals surface area contributed by atoms with Crippen molar-refractivity contribution in [3.05, 3.63) is 83.4 Å². The van der Waals surface area contributed by atoms with Crippen LogP contribution in [0.3, 0.4) is 0 Å². The lowest BCUT2D eigenvalue weighted by molar-refractivity contribution is -0.137. The van der Waals surface area contributed by atoms with E-state index < -0.39 is 29.8 Å². The number of aliphatic carboxylic acids is 2. The van der Waals surface area contributed by atoms with E-state index in [0.717, 1.165) is 31.3 Å². The maximum Gasteiger partial charge on any atom is 0.416 e. The number of carboxylic acid groups (broad SMARTS) is 2. The average Bonchev–Trinajstić information content (AvgIpc) is 3.29. The molecule has 6 nitrogen and oxygen atoms in total. The van der Waals surface area contributed by atoms with Crippen LogP contribution in [0.15, 0.2) is 66.7 Å². The molecule has 1 heterocycles. The Hall–Kier alpha value is -3.17. The van der Waals surface area contributed by atoms with E-state index in [1.54, 1.807) is 6.07 Å². The minimum atomic E-state index is -4.35. The normalized spacial score (nSPS) is 15.1. The minimum absolute atomic E-state index is 0.494. The molecule has 9 heteroatoms. The lowest BCUT2D eigenvalue weighted by atomic mass is 9.99. The summed E-state index contributed by atoms with van der Waals surface area (Å²) < 4.78 is 45.2. The Morgan fingerprint density at radius 3 is 2.06 bits per heavy atom. The van der Waals surface area contributed by atoms with Gasteiger partial charge in [0, 0.05) is 18.7 Å². The van der Waals surface area contributed by atoms with Crippen molar-refractivity contribution in [1.29, 1.82) is 0 Å². The number of benzene rings is 2. The van der Waals surface area contributed by atoms with Gasteiger partial charge in [0.1, 0.15) is 6.10 Å². The molecule has 1 unspecified atom stereocenters. The molecule has 0 spiro atoms. The first-order valence-corrected chi connectivity index (χ1v) is 10.4. The Bertz CT molecular complexity index is 909. The van der Waals surface area contributed by atoms with Crippen molar-refractivity contribution in [3.8, 4) is 0 Å². The van der Waals surface area contributed by atoms with Crippen LogP contribution in [-0.4, -0.2) is 53.3 Å². The maximum atomic E-state index is 13.0. The third-order valence-electron chi connectivity index (χ3n) is 4.88. The summed E-state index contributed by atoms with van der Waals surface area (Å²) in [6.45, 7) is 3.45. The van der Waals surface area contributed by atoms with Gasteiger partial charge in [-0.1, -0.05) is 42.5 Å². The molecule has 1 saturated heterocycles. The van der Waals surface area contributed by atoms with Gasteiger partial charge in [0.2, 0.25) is 0 Å². The summed E-state index contributed by atoms with van der Waals surface area (Å²) in [5.41, 5.74) is 0.750. The molecule has 1 atom stereocenters. The fourth-order valence-electron chi connectivity index (χ4n) is 3.34. The molecule has 0 saturated carbocycles. The lowest BCUT2D eigenvalue weighted by Crippen LogP contribution is -2.25. The Morgan fingerprint density at radius 1 is 0.939 bits per heavy atom. The number of hydrogen-bond donors (Lipinski definition) is 2. The molecule has 2 aromatic rings. The molecule has 178 valence electrons. The zero-order valence-electron chi connectivity index (χ0n) is 17.9. The summed E-state index contributed by atoms with van der Waals surface area (Å²) >= 11 is 0. The fourth-order valence-corrected chi connectivity index (χ4v) is 3.34. The van der Waals surface area contributed by atoms with E-state index in [2.05, 4.69) is 4.90 Å². The number of ether oxygens (including phenoxy) is 1. The fraction of sp³-hybridized carbons (Fsp3) is 0.333. The quantitative estimate of drug-likeness (QED) is 0.554. The van der Waals surface area contributed by atoms with E-state index in [1.807, 2.05) is 30.3 Å². The smallest absolute Gasteiger partial charge is 0.416 e. The second-order valence-corrected chi connectivity index (χ2v) is 7.34. The van der Waals surface area contributed by atoms with Crippen LogP contribution in [0, 0.1) is 0 Å². The largest absolute Gasteiger partial charge is 0.478 e. The highest BCUT2D eigenvalue weighted by Crippen LogP contribution is 2.33. The van der Waals surface area contributed by atoms with Gasteiger partial charge in [0.25, 0.3) is 0 Å². The lowest BCUT2D eigenvalue weighted by Gasteiger charge is -2.22. The highest BCUT2D eigenvalue weighted by molar-refractivity contribution is 5.89. The van der Waals surface area contributed by atoms with E-state index in [4.69, 9.17) is 14.9 Å². The van der Waals surface area contributed by atoms with Crippen LogP contribution < -0.4 is 0 Å². The number of alkyl halides is 3. The van der Waals surface area contributed by atoms with Crippen LogP contribution in [0.4, 0.5) is 13.2 Å². The van der Waals surface area contributed by atoms with Crippen molar-refractivity contribution in [2.24, 2.45) is 0 Å². The van der Waals surface area contributed by atoms with Gasteiger partial charge >= 0.3 is 18.1 Å². The highest BCUT2D eigenvalue weighted by Gasteiger charge is 2.31. The van der Waals surface area contributed by atoms with Crippen molar-refractivity contribution in [3.63, 3.8) is 0 Å². The summed E-state index contributed by atoms with van der Waals surface area (Å²) in [7, 11) is 0. The maximum absolute atomic E-state index is 13.0. The second-order valence-electron chi connectivity index (χ2n) is 7.34. The molecule has 3 rings (SSSR count). The number of rotatable bonds is 8. The van der Waals surface area contributed by atoms with Gasteiger partial charge in [-0.2, -0.15) is 13.2 Å². The predicted molar refractivity (Wildman–Crippen MR) is 116 cm³/mol. The Kier molecular flexibility index (Phi) is 10.1. The van der Waals surface area contributed by atoms with Crippen LogP contribution in [0.1, 0.15) is 35.6 Å². The zero-order chi connectivity index (χ0) is 24.3. The number of hydrogen-bond acceptors (Lipinski definition) is 4. The molecule has 0 radical (unpaired) electrons. The first-order valence-electron chi connectivity index (χ1n) is 10.4. The molecule has 1 aliphatic heterocycles. The van der Waals surface area contributed by atoms with Gasteiger partial charge < -0.3 is 19.8 Å². The summed E-state index contributed by atoms with van der Waals surface area (Å²) in [6.07, 6.45) is -1.32. The summed E-state index contributed by atoms with van der Waals surface area (Å²) in [6, 6.07) is 14.8. The van der Waals surface area contributed by atoms with Gasteiger partial charge in [-0.05, 0) is 49.2 Å². The second kappa shape index (κ2) is 12.8. The van der Waals surface area contributed by atoms with Gasteiger partial charge in [-0.25, -0.2) is 9.59 Å². The molecule has 1 aliphatic rings. The number of halogens is 3. The van der Waals surface area contributed by atoms with Crippen LogP contribution in [0.25, 0.3) is 0 Å². The van der Waals surface area contributed by atoms with Crippen molar-refractivity contribution >= 4 is 11.9 Å². The first-order chi connectivity index (χ1) is 15.7. The van der Waals surface area contributed by atoms with E-state index in [9.17, 15) is 22.8 Å². The Balaban J connectivity index is 0.000000414. The Labute approximate surface area is 189 Å². The molecule has 2 N–H and O–H groups in total. The molecule has 0 amide bonds. The molecular formula is C24H26F3NO5. The number of nitrogens with zero attached hydrogens (tertiary/aromatic N) is 1. The van der Waals surface area contributed by atoms with E-state index in [0.29, 0.717) is 24.3 Å². The van der Waals surface area contributed by atoms with Crippen LogP contribution in [0.2, 0.25) is 0 Å². The van der Waals surface area contributed by atoms with Crippen molar-refractivity contribution in [2.45, 2.75) is 25.1 Å².